The second-order valence-electron chi connectivity index (χ2n) is 2.83. The lowest BCUT2D eigenvalue weighted by molar-refractivity contribution is -0.138. The molecule has 0 fully saturated rings. The van der Waals surface area contributed by atoms with Gasteiger partial charge in [0.25, 0.3) is 5.91 Å². The van der Waals surface area contributed by atoms with Crippen LogP contribution in [0.5, 0.6) is 0 Å². The van der Waals surface area contributed by atoms with E-state index in [0.717, 1.165) is 0 Å². The molecule has 0 aromatic carbocycles. The molecular weight excluding hydrogens is 188 g/mol. The Hall–Kier alpha value is -1.85. The number of nitrogens with one attached hydrogen (secondary N) is 1. The Kier molecular flexibility index (Phi) is 2.85. The van der Waals surface area contributed by atoms with Crippen molar-refractivity contribution in [2.24, 2.45) is 0 Å². The maximum absolute atomic E-state index is 11.4. The van der Waals surface area contributed by atoms with Crippen molar-refractivity contribution in [3.8, 4) is 0 Å². The third kappa shape index (κ3) is 2.09. The van der Waals surface area contributed by atoms with Crippen molar-refractivity contribution in [2.75, 3.05) is 0 Å². The van der Waals surface area contributed by atoms with Gasteiger partial charge in [-0.15, -0.1) is 0 Å². The van der Waals surface area contributed by atoms with Gasteiger partial charge in [0.15, 0.2) is 0 Å². The molecule has 1 heterocycles. The topological polar surface area (TPSA) is 92.4 Å². The first-order chi connectivity index (χ1) is 6.52. The van der Waals surface area contributed by atoms with Crippen LogP contribution in [0.25, 0.3) is 0 Å². The van der Waals surface area contributed by atoms with Gasteiger partial charge in [-0.3, -0.25) is 9.59 Å². The molecule has 1 aromatic heterocycles. The minimum atomic E-state index is -1.09. The van der Waals surface area contributed by atoms with E-state index in [1.165, 1.54) is 13.1 Å². The molecule has 1 aromatic rings. The minimum Gasteiger partial charge on any atom is -0.480 e. The van der Waals surface area contributed by atoms with Crippen LogP contribution in [0.1, 0.15) is 23.0 Å². The summed E-state index contributed by atoms with van der Waals surface area (Å²) >= 11 is 0. The van der Waals surface area contributed by atoms with Crippen LogP contribution in [-0.2, 0) is 4.79 Å². The quantitative estimate of drug-likeness (QED) is 0.723. The van der Waals surface area contributed by atoms with Crippen LogP contribution in [0.4, 0.5) is 0 Å². The Bertz CT molecular complexity index is 358. The standard InChI is InChI=1S/C8H10N2O4/c1-4(8(12)13)10-7(11)6-3-9-14-5(6)2/h3-4H,1-2H3,(H,10,11)(H,12,13). The van der Waals surface area contributed by atoms with Crippen molar-refractivity contribution in [3.05, 3.63) is 17.5 Å². The predicted octanol–water partition coefficient (Wildman–Crippen LogP) is 0.186. The van der Waals surface area contributed by atoms with E-state index in [2.05, 4.69) is 15.0 Å². The number of rotatable bonds is 3. The molecule has 0 saturated heterocycles. The largest absolute Gasteiger partial charge is 0.480 e. The van der Waals surface area contributed by atoms with Crippen LogP contribution >= 0.6 is 0 Å². The first kappa shape index (κ1) is 10.2. The van der Waals surface area contributed by atoms with Crippen molar-refractivity contribution in [1.82, 2.24) is 10.5 Å². The first-order valence-electron chi connectivity index (χ1n) is 3.97. The summed E-state index contributed by atoms with van der Waals surface area (Å²) in [6.07, 6.45) is 1.25. The Balaban J connectivity index is 2.69. The smallest absolute Gasteiger partial charge is 0.325 e. The molecule has 6 heteroatoms. The highest BCUT2D eigenvalue weighted by Crippen LogP contribution is 2.05. The van der Waals surface area contributed by atoms with Gasteiger partial charge in [0.2, 0.25) is 0 Å². The highest BCUT2D eigenvalue weighted by molar-refractivity contribution is 5.96. The number of hydrogen-bond donors (Lipinski definition) is 2. The number of aryl methyl sites for hydroxylation is 1. The van der Waals surface area contributed by atoms with Crippen LogP contribution in [-0.4, -0.2) is 28.2 Å². The second kappa shape index (κ2) is 3.91. The molecule has 2 N–H and O–H groups in total. The number of hydrogen-bond acceptors (Lipinski definition) is 4. The van der Waals surface area contributed by atoms with Crippen LogP contribution in [0.15, 0.2) is 10.7 Å². The Morgan fingerprint density at radius 1 is 1.64 bits per heavy atom. The lowest BCUT2D eigenvalue weighted by Gasteiger charge is -2.07. The summed E-state index contributed by atoms with van der Waals surface area (Å²) in [5.41, 5.74) is 0.248. The van der Waals surface area contributed by atoms with Crippen molar-refractivity contribution in [2.45, 2.75) is 19.9 Å². The van der Waals surface area contributed by atoms with E-state index in [0.29, 0.717) is 5.76 Å². The maximum Gasteiger partial charge on any atom is 0.325 e. The molecular formula is C8H10N2O4. The first-order valence-corrected chi connectivity index (χ1v) is 3.97. The van der Waals surface area contributed by atoms with Gasteiger partial charge >= 0.3 is 5.97 Å². The fourth-order valence-corrected chi connectivity index (χ4v) is 0.853. The second-order valence-corrected chi connectivity index (χ2v) is 2.83. The number of amides is 1. The van der Waals surface area contributed by atoms with E-state index in [1.54, 1.807) is 6.92 Å². The minimum absolute atomic E-state index is 0.248. The molecule has 1 atom stereocenters. The number of carbonyl (C=O) groups excluding carboxylic acids is 1. The number of nitrogens with zero attached hydrogens (tertiary/aromatic N) is 1. The maximum atomic E-state index is 11.4. The monoisotopic (exact) mass is 198 g/mol. The number of aromatic nitrogens is 1. The van der Waals surface area contributed by atoms with Crippen molar-refractivity contribution in [1.29, 1.82) is 0 Å². The third-order valence-corrected chi connectivity index (χ3v) is 1.71. The highest BCUT2D eigenvalue weighted by atomic mass is 16.5. The molecule has 0 aliphatic heterocycles. The SMILES string of the molecule is Cc1oncc1C(=O)NC(C)C(=O)O. The highest BCUT2D eigenvalue weighted by Gasteiger charge is 2.18. The number of carboxylic acid groups (broad SMARTS) is 1. The molecule has 0 spiro atoms. The van der Waals surface area contributed by atoms with Gasteiger partial charge in [-0.2, -0.15) is 0 Å². The van der Waals surface area contributed by atoms with Crippen molar-refractivity contribution < 1.29 is 19.2 Å². The lowest BCUT2D eigenvalue weighted by atomic mass is 10.2. The summed E-state index contributed by atoms with van der Waals surface area (Å²) in [6.45, 7) is 2.95. The number of carbonyl (C=O) groups is 2. The molecule has 0 aliphatic rings. The van der Waals surface area contributed by atoms with E-state index in [-0.39, 0.29) is 5.56 Å². The fraction of sp³-hybridized carbons (Fsp3) is 0.375. The van der Waals surface area contributed by atoms with Gasteiger partial charge in [-0.1, -0.05) is 5.16 Å². The van der Waals surface area contributed by atoms with Crippen LogP contribution in [0, 0.1) is 6.92 Å². The van der Waals surface area contributed by atoms with E-state index >= 15 is 0 Å². The van der Waals surface area contributed by atoms with Crippen molar-refractivity contribution in [3.63, 3.8) is 0 Å². The third-order valence-electron chi connectivity index (χ3n) is 1.71. The summed E-state index contributed by atoms with van der Waals surface area (Å²) < 4.78 is 4.67. The molecule has 14 heavy (non-hydrogen) atoms. The van der Waals surface area contributed by atoms with Crippen LogP contribution in [0.3, 0.4) is 0 Å². The Morgan fingerprint density at radius 3 is 2.71 bits per heavy atom. The molecule has 76 valence electrons. The molecule has 1 amide bonds. The Morgan fingerprint density at radius 2 is 2.29 bits per heavy atom. The number of carboxylic acids is 1. The summed E-state index contributed by atoms with van der Waals surface area (Å²) in [4.78, 5) is 21.8. The van der Waals surface area contributed by atoms with E-state index in [1.807, 2.05) is 0 Å². The van der Waals surface area contributed by atoms with Crippen molar-refractivity contribution >= 4 is 11.9 Å². The van der Waals surface area contributed by atoms with E-state index in [9.17, 15) is 9.59 Å². The predicted molar refractivity (Wildman–Crippen MR) is 45.8 cm³/mol. The Labute approximate surface area is 79.9 Å². The summed E-state index contributed by atoms with van der Waals surface area (Å²) in [5, 5.41) is 14.2. The summed E-state index contributed by atoms with van der Waals surface area (Å²) in [6, 6.07) is -0.934. The zero-order chi connectivity index (χ0) is 10.7. The van der Waals surface area contributed by atoms with Crippen LogP contribution in [0.2, 0.25) is 0 Å². The van der Waals surface area contributed by atoms with Gasteiger partial charge in [0.1, 0.15) is 17.4 Å². The molecule has 0 aliphatic carbocycles. The molecule has 6 nitrogen and oxygen atoms in total. The van der Waals surface area contributed by atoms with E-state index in [4.69, 9.17) is 5.11 Å². The molecule has 0 bridgehead atoms. The summed E-state index contributed by atoms with van der Waals surface area (Å²) in [7, 11) is 0. The zero-order valence-electron chi connectivity index (χ0n) is 7.77. The molecule has 0 radical (unpaired) electrons. The normalized spacial score (nSPS) is 12.1. The average molecular weight is 198 g/mol. The average Bonchev–Trinajstić information content (AvgIpc) is 2.51. The zero-order valence-corrected chi connectivity index (χ0v) is 7.77. The fourth-order valence-electron chi connectivity index (χ4n) is 0.853. The van der Waals surface area contributed by atoms with Gasteiger partial charge in [0, 0.05) is 0 Å². The number of aliphatic carboxylic acids is 1. The molecule has 1 unspecified atom stereocenters. The molecule has 1 rings (SSSR count). The van der Waals surface area contributed by atoms with Crippen LogP contribution < -0.4 is 5.32 Å². The van der Waals surface area contributed by atoms with Gasteiger partial charge in [0.05, 0.1) is 6.20 Å². The van der Waals surface area contributed by atoms with Gasteiger partial charge in [-0.05, 0) is 13.8 Å². The lowest BCUT2D eigenvalue weighted by Crippen LogP contribution is -2.38. The van der Waals surface area contributed by atoms with E-state index < -0.39 is 17.9 Å². The summed E-state index contributed by atoms with van der Waals surface area (Å²) in [5.74, 6) is -1.23. The molecule has 0 saturated carbocycles. The van der Waals surface area contributed by atoms with Gasteiger partial charge < -0.3 is 14.9 Å². The van der Waals surface area contributed by atoms with Gasteiger partial charge in [-0.25, -0.2) is 0 Å².